The average molecular weight is 212 g/mol. The fourth-order valence-electron chi connectivity index (χ4n) is 0.836. The van der Waals surface area contributed by atoms with Gasteiger partial charge in [-0.25, -0.2) is 4.98 Å². The zero-order valence-electron chi connectivity index (χ0n) is 7.80. The highest BCUT2D eigenvalue weighted by molar-refractivity contribution is 7.99. The van der Waals surface area contributed by atoms with E-state index < -0.39 is 0 Å². The topological polar surface area (TPSA) is 80.9 Å². The van der Waals surface area contributed by atoms with Crippen LogP contribution >= 0.6 is 11.8 Å². The molecule has 1 amide bonds. The number of hydrogen-bond donors (Lipinski definition) is 2. The molecule has 0 bridgehead atoms. The maximum atomic E-state index is 10.9. The summed E-state index contributed by atoms with van der Waals surface area (Å²) in [6.07, 6.45) is 4.87. The standard InChI is InChI=1S/C8H12N4OS/c1-10-6(8(9)13)5-14-7-4-11-2-3-12-7/h2-4,6,10H,5H2,1H3,(H2,9,13). The van der Waals surface area contributed by atoms with Gasteiger partial charge in [-0.2, -0.15) is 0 Å². The summed E-state index contributed by atoms with van der Waals surface area (Å²) in [5.41, 5.74) is 5.16. The Morgan fingerprint density at radius 1 is 1.71 bits per heavy atom. The second-order valence-corrected chi connectivity index (χ2v) is 3.64. The second-order valence-electron chi connectivity index (χ2n) is 2.60. The quantitative estimate of drug-likeness (QED) is 0.652. The van der Waals surface area contributed by atoms with E-state index in [1.165, 1.54) is 11.8 Å². The Morgan fingerprint density at radius 3 is 3.00 bits per heavy atom. The molecule has 1 aromatic rings. The number of nitrogens with one attached hydrogen (secondary N) is 1. The fourth-order valence-corrected chi connectivity index (χ4v) is 1.78. The van der Waals surface area contributed by atoms with Crippen LogP contribution in [0.3, 0.4) is 0 Å². The summed E-state index contributed by atoms with van der Waals surface area (Å²) in [6, 6.07) is -0.331. The number of hydrogen-bond acceptors (Lipinski definition) is 5. The van der Waals surface area contributed by atoms with Gasteiger partial charge in [0.1, 0.15) is 5.03 Å². The van der Waals surface area contributed by atoms with Crippen LogP contribution < -0.4 is 11.1 Å². The SMILES string of the molecule is CNC(CSc1cnccn1)C(N)=O. The number of carbonyl (C=O) groups is 1. The molecule has 14 heavy (non-hydrogen) atoms. The molecular formula is C8H12N4OS. The monoisotopic (exact) mass is 212 g/mol. The van der Waals surface area contributed by atoms with Crippen molar-refractivity contribution in [2.24, 2.45) is 5.73 Å². The van der Waals surface area contributed by atoms with Crippen molar-refractivity contribution in [2.45, 2.75) is 11.1 Å². The predicted octanol–water partition coefficient (Wildman–Crippen LogP) is -0.358. The van der Waals surface area contributed by atoms with Crippen LogP contribution in [0.4, 0.5) is 0 Å². The highest BCUT2D eigenvalue weighted by Crippen LogP contribution is 2.13. The van der Waals surface area contributed by atoms with Crippen LogP contribution in [0, 0.1) is 0 Å². The maximum Gasteiger partial charge on any atom is 0.235 e. The van der Waals surface area contributed by atoms with Gasteiger partial charge < -0.3 is 11.1 Å². The lowest BCUT2D eigenvalue weighted by Crippen LogP contribution is -2.41. The molecule has 5 nitrogen and oxygen atoms in total. The minimum atomic E-state index is -0.358. The Bertz CT molecular complexity index is 293. The molecule has 3 N–H and O–H groups in total. The van der Waals surface area contributed by atoms with Crippen molar-refractivity contribution < 1.29 is 4.79 Å². The lowest BCUT2D eigenvalue weighted by molar-refractivity contribution is -0.119. The summed E-state index contributed by atoms with van der Waals surface area (Å²) in [6.45, 7) is 0. The normalized spacial score (nSPS) is 12.4. The number of rotatable bonds is 5. The molecule has 1 heterocycles. The summed E-state index contributed by atoms with van der Waals surface area (Å²) in [7, 11) is 1.70. The third-order valence-corrected chi connectivity index (χ3v) is 2.64. The van der Waals surface area contributed by atoms with Gasteiger partial charge in [-0.1, -0.05) is 0 Å². The Hall–Kier alpha value is -1.14. The number of aromatic nitrogens is 2. The van der Waals surface area contributed by atoms with Crippen molar-refractivity contribution in [1.29, 1.82) is 0 Å². The summed E-state index contributed by atoms with van der Waals surface area (Å²) in [5.74, 6) is 0.203. The molecular weight excluding hydrogens is 200 g/mol. The number of amides is 1. The molecule has 0 aliphatic rings. The Labute approximate surface area is 86.5 Å². The first-order chi connectivity index (χ1) is 6.74. The molecule has 0 fully saturated rings. The van der Waals surface area contributed by atoms with E-state index in [9.17, 15) is 4.79 Å². The van der Waals surface area contributed by atoms with Crippen LogP contribution in [0.5, 0.6) is 0 Å². The zero-order valence-corrected chi connectivity index (χ0v) is 8.62. The molecule has 6 heteroatoms. The number of carbonyl (C=O) groups excluding carboxylic acids is 1. The van der Waals surface area contributed by atoms with Gasteiger partial charge in [-0.15, -0.1) is 11.8 Å². The van der Waals surface area contributed by atoms with Crippen molar-refractivity contribution in [3.63, 3.8) is 0 Å². The van der Waals surface area contributed by atoms with Crippen LogP contribution in [0.15, 0.2) is 23.6 Å². The number of nitrogens with two attached hydrogens (primary N) is 1. The highest BCUT2D eigenvalue weighted by atomic mass is 32.2. The van der Waals surface area contributed by atoms with Gasteiger partial charge in [0, 0.05) is 18.1 Å². The van der Waals surface area contributed by atoms with E-state index in [0.29, 0.717) is 5.75 Å². The molecule has 1 rings (SSSR count). The van der Waals surface area contributed by atoms with E-state index in [4.69, 9.17) is 5.73 Å². The van der Waals surface area contributed by atoms with Gasteiger partial charge in [0.05, 0.1) is 12.2 Å². The largest absolute Gasteiger partial charge is 0.368 e. The molecule has 1 atom stereocenters. The molecule has 1 aromatic heterocycles. The van der Waals surface area contributed by atoms with Gasteiger partial charge in [0.25, 0.3) is 0 Å². The molecule has 1 unspecified atom stereocenters. The Morgan fingerprint density at radius 2 is 2.50 bits per heavy atom. The lowest BCUT2D eigenvalue weighted by atomic mass is 10.3. The minimum absolute atomic E-state index is 0.331. The smallest absolute Gasteiger partial charge is 0.235 e. The van der Waals surface area contributed by atoms with Crippen LogP contribution in [-0.2, 0) is 4.79 Å². The summed E-state index contributed by atoms with van der Waals surface area (Å²) in [4.78, 5) is 18.8. The van der Waals surface area contributed by atoms with Crippen LogP contribution in [0.25, 0.3) is 0 Å². The van der Waals surface area contributed by atoms with E-state index in [1.54, 1.807) is 25.6 Å². The van der Waals surface area contributed by atoms with E-state index >= 15 is 0 Å². The lowest BCUT2D eigenvalue weighted by Gasteiger charge is -2.10. The van der Waals surface area contributed by atoms with Gasteiger partial charge in [-0.05, 0) is 7.05 Å². The highest BCUT2D eigenvalue weighted by Gasteiger charge is 2.12. The fraction of sp³-hybridized carbons (Fsp3) is 0.375. The van der Waals surface area contributed by atoms with Gasteiger partial charge in [0.2, 0.25) is 5.91 Å². The first kappa shape index (κ1) is 10.9. The van der Waals surface area contributed by atoms with Crippen molar-refractivity contribution >= 4 is 17.7 Å². The Balaban J connectivity index is 2.44. The van der Waals surface area contributed by atoms with Gasteiger partial charge >= 0.3 is 0 Å². The number of nitrogens with zero attached hydrogens (tertiary/aromatic N) is 2. The molecule has 0 aliphatic heterocycles. The number of primary amides is 1. The molecule has 0 spiro atoms. The van der Waals surface area contributed by atoms with Crippen molar-refractivity contribution in [3.8, 4) is 0 Å². The summed E-state index contributed by atoms with van der Waals surface area (Å²) in [5, 5.41) is 3.61. The molecule has 0 saturated carbocycles. The summed E-state index contributed by atoms with van der Waals surface area (Å²) < 4.78 is 0. The molecule has 0 saturated heterocycles. The summed E-state index contributed by atoms with van der Waals surface area (Å²) >= 11 is 1.44. The zero-order chi connectivity index (χ0) is 10.4. The third-order valence-electron chi connectivity index (χ3n) is 1.63. The van der Waals surface area contributed by atoms with Crippen molar-refractivity contribution in [1.82, 2.24) is 15.3 Å². The molecule has 0 radical (unpaired) electrons. The second kappa shape index (κ2) is 5.56. The van der Waals surface area contributed by atoms with E-state index in [2.05, 4.69) is 15.3 Å². The van der Waals surface area contributed by atoms with Crippen LogP contribution in [0.2, 0.25) is 0 Å². The van der Waals surface area contributed by atoms with E-state index in [0.717, 1.165) is 5.03 Å². The molecule has 0 aromatic carbocycles. The minimum Gasteiger partial charge on any atom is -0.368 e. The maximum absolute atomic E-state index is 10.9. The molecule has 76 valence electrons. The third kappa shape index (κ3) is 3.31. The van der Waals surface area contributed by atoms with E-state index in [-0.39, 0.29) is 11.9 Å². The number of likely N-dealkylation sites (N-methyl/N-ethyl adjacent to an activating group) is 1. The average Bonchev–Trinajstić information content (AvgIpc) is 2.20. The first-order valence-corrected chi connectivity index (χ1v) is 5.08. The van der Waals surface area contributed by atoms with Gasteiger partial charge in [-0.3, -0.25) is 9.78 Å². The molecule has 0 aliphatic carbocycles. The number of thioether (sulfide) groups is 1. The Kier molecular flexibility index (Phi) is 4.34. The van der Waals surface area contributed by atoms with Crippen molar-refractivity contribution in [3.05, 3.63) is 18.6 Å². The van der Waals surface area contributed by atoms with Crippen molar-refractivity contribution in [2.75, 3.05) is 12.8 Å². The van der Waals surface area contributed by atoms with Crippen LogP contribution in [0.1, 0.15) is 0 Å². The van der Waals surface area contributed by atoms with E-state index in [1.807, 2.05) is 0 Å². The first-order valence-electron chi connectivity index (χ1n) is 4.09. The van der Waals surface area contributed by atoms with Crippen LogP contribution in [-0.4, -0.2) is 34.7 Å². The predicted molar refractivity (Wildman–Crippen MR) is 54.8 cm³/mol. The van der Waals surface area contributed by atoms with Gasteiger partial charge in [0.15, 0.2) is 0 Å².